The third-order valence-corrected chi connectivity index (χ3v) is 2.73. The molecule has 1 aromatic heterocycles. The molecule has 0 aliphatic carbocycles. The van der Waals surface area contributed by atoms with Crippen LogP contribution < -0.4 is 21.7 Å². The third kappa shape index (κ3) is 1.53. The van der Waals surface area contributed by atoms with Crippen LogP contribution in [0, 0.1) is 0 Å². The highest BCUT2D eigenvalue weighted by atomic mass is 16.5. The lowest BCUT2D eigenvalue weighted by molar-refractivity contribution is 0.416. The highest BCUT2D eigenvalue weighted by molar-refractivity contribution is 5.84. The first kappa shape index (κ1) is 11.4. The molecular formula is C11H13N3O3. The predicted molar refractivity (Wildman–Crippen MR) is 64.2 cm³/mol. The van der Waals surface area contributed by atoms with Gasteiger partial charge < -0.3 is 10.5 Å². The zero-order valence-electron chi connectivity index (χ0n) is 9.64. The summed E-state index contributed by atoms with van der Waals surface area (Å²) < 4.78 is 7.50. The summed E-state index contributed by atoms with van der Waals surface area (Å²) in [6.45, 7) is -0.140. The van der Waals surface area contributed by atoms with E-state index in [4.69, 9.17) is 10.5 Å². The van der Waals surface area contributed by atoms with Crippen molar-refractivity contribution in [2.24, 2.45) is 12.8 Å². The van der Waals surface area contributed by atoms with Crippen LogP contribution in [-0.2, 0) is 13.7 Å². The Kier molecular flexibility index (Phi) is 2.72. The van der Waals surface area contributed by atoms with Crippen LogP contribution in [0.4, 0.5) is 0 Å². The summed E-state index contributed by atoms with van der Waals surface area (Å²) in [6, 6.07) is 5.05. The summed E-state index contributed by atoms with van der Waals surface area (Å²) in [7, 11) is 3.08. The van der Waals surface area contributed by atoms with Gasteiger partial charge in [-0.3, -0.25) is 9.36 Å². The Morgan fingerprint density at radius 2 is 2.06 bits per heavy atom. The van der Waals surface area contributed by atoms with Gasteiger partial charge in [0.1, 0.15) is 11.3 Å². The number of hydrogen-bond donors (Lipinski definition) is 1. The van der Waals surface area contributed by atoms with E-state index in [2.05, 4.69) is 0 Å². The van der Waals surface area contributed by atoms with Crippen molar-refractivity contribution in [1.29, 1.82) is 0 Å². The highest BCUT2D eigenvalue weighted by Gasteiger charge is 2.12. The molecule has 2 rings (SSSR count). The van der Waals surface area contributed by atoms with Gasteiger partial charge in [-0.15, -0.1) is 0 Å². The zero-order chi connectivity index (χ0) is 12.6. The van der Waals surface area contributed by atoms with Gasteiger partial charge in [-0.25, -0.2) is 9.36 Å². The summed E-state index contributed by atoms with van der Waals surface area (Å²) in [5.74, 6) is 0.489. The molecule has 0 saturated heterocycles. The molecule has 0 amide bonds. The first-order valence-corrected chi connectivity index (χ1v) is 5.08. The van der Waals surface area contributed by atoms with Gasteiger partial charge in [-0.05, 0) is 12.1 Å². The van der Waals surface area contributed by atoms with E-state index in [1.165, 1.54) is 11.7 Å². The third-order valence-electron chi connectivity index (χ3n) is 2.73. The van der Waals surface area contributed by atoms with Crippen LogP contribution in [0.5, 0.6) is 5.75 Å². The number of ether oxygens (including phenoxy) is 1. The van der Waals surface area contributed by atoms with Crippen molar-refractivity contribution in [3.8, 4) is 5.75 Å². The van der Waals surface area contributed by atoms with Crippen LogP contribution in [0.2, 0.25) is 0 Å². The Balaban J connectivity index is 3.09. The topological polar surface area (TPSA) is 79.2 Å². The maximum Gasteiger partial charge on any atom is 0.332 e. The Morgan fingerprint density at radius 3 is 2.65 bits per heavy atom. The maximum absolute atomic E-state index is 12.0. The first-order valence-electron chi connectivity index (χ1n) is 5.08. The summed E-state index contributed by atoms with van der Waals surface area (Å²) in [6.07, 6.45) is 0. The van der Waals surface area contributed by atoms with Gasteiger partial charge in [0.15, 0.2) is 0 Å². The van der Waals surface area contributed by atoms with Crippen molar-refractivity contribution in [1.82, 2.24) is 9.13 Å². The van der Waals surface area contributed by atoms with Crippen molar-refractivity contribution < 1.29 is 4.74 Å². The van der Waals surface area contributed by atoms with Gasteiger partial charge in [-0.1, -0.05) is 6.07 Å². The van der Waals surface area contributed by atoms with Gasteiger partial charge in [0.05, 0.1) is 19.2 Å². The van der Waals surface area contributed by atoms with Crippen molar-refractivity contribution in [2.45, 2.75) is 6.67 Å². The predicted octanol–water partition coefficient (Wildman–Crippen LogP) is -0.375. The summed E-state index contributed by atoms with van der Waals surface area (Å²) in [5.41, 5.74) is 5.03. The number of fused-ring (bicyclic) bond motifs is 1. The number of aryl methyl sites for hydroxylation is 1. The average Bonchev–Trinajstić information content (AvgIpc) is 2.36. The van der Waals surface area contributed by atoms with E-state index >= 15 is 0 Å². The molecule has 1 aromatic carbocycles. The number of hydrogen-bond acceptors (Lipinski definition) is 4. The fourth-order valence-corrected chi connectivity index (χ4v) is 1.88. The summed E-state index contributed by atoms with van der Waals surface area (Å²) in [5, 5.41) is 0.414. The monoisotopic (exact) mass is 235 g/mol. The second-order valence-corrected chi connectivity index (χ2v) is 3.61. The normalized spacial score (nSPS) is 10.8. The minimum Gasteiger partial charge on any atom is -0.495 e. The minimum absolute atomic E-state index is 0.140. The molecular weight excluding hydrogens is 222 g/mol. The molecule has 17 heavy (non-hydrogen) atoms. The molecule has 0 bridgehead atoms. The molecule has 6 heteroatoms. The highest BCUT2D eigenvalue weighted by Crippen LogP contribution is 2.20. The molecule has 2 aromatic rings. The van der Waals surface area contributed by atoms with Gasteiger partial charge in [0.25, 0.3) is 5.56 Å². The molecule has 0 spiro atoms. The number of nitrogens with zero attached hydrogens (tertiary/aromatic N) is 2. The van der Waals surface area contributed by atoms with Crippen molar-refractivity contribution in [3.05, 3.63) is 39.0 Å². The van der Waals surface area contributed by atoms with Crippen LogP contribution in [0.3, 0.4) is 0 Å². The van der Waals surface area contributed by atoms with Crippen LogP contribution in [0.15, 0.2) is 27.8 Å². The zero-order valence-corrected chi connectivity index (χ0v) is 9.64. The number of benzene rings is 1. The Hall–Kier alpha value is -2.08. The van der Waals surface area contributed by atoms with E-state index < -0.39 is 11.2 Å². The molecule has 6 nitrogen and oxygen atoms in total. The van der Waals surface area contributed by atoms with E-state index in [9.17, 15) is 9.59 Å². The molecule has 0 saturated carbocycles. The van der Waals surface area contributed by atoms with E-state index in [1.54, 1.807) is 25.2 Å². The van der Waals surface area contributed by atoms with Crippen molar-refractivity contribution >= 4 is 10.9 Å². The van der Waals surface area contributed by atoms with Crippen LogP contribution in [0.1, 0.15) is 0 Å². The molecule has 0 atom stereocenters. The van der Waals surface area contributed by atoms with Crippen molar-refractivity contribution in [2.75, 3.05) is 7.11 Å². The number of nitrogens with two attached hydrogens (primary N) is 1. The molecule has 90 valence electrons. The molecule has 2 N–H and O–H groups in total. The van der Waals surface area contributed by atoms with Gasteiger partial charge >= 0.3 is 5.69 Å². The van der Waals surface area contributed by atoms with Gasteiger partial charge in [-0.2, -0.15) is 0 Å². The molecule has 0 aliphatic heterocycles. The Bertz CT molecular complexity index is 685. The number of rotatable bonds is 2. The van der Waals surface area contributed by atoms with Crippen LogP contribution in [0.25, 0.3) is 10.9 Å². The second kappa shape index (κ2) is 4.06. The number of aromatic nitrogens is 2. The largest absolute Gasteiger partial charge is 0.495 e. The molecule has 0 fully saturated rings. The summed E-state index contributed by atoms with van der Waals surface area (Å²) >= 11 is 0. The van der Waals surface area contributed by atoms with E-state index in [0.29, 0.717) is 16.7 Å². The molecule has 1 heterocycles. The van der Waals surface area contributed by atoms with Gasteiger partial charge in [0.2, 0.25) is 0 Å². The number of methoxy groups -OCH3 is 1. The molecule has 0 unspecified atom stereocenters. The Labute approximate surface area is 96.8 Å². The minimum atomic E-state index is -0.450. The quantitative estimate of drug-likeness (QED) is 0.770. The van der Waals surface area contributed by atoms with Crippen molar-refractivity contribution in [3.63, 3.8) is 0 Å². The average molecular weight is 235 g/mol. The van der Waals surface area contributed by atoms with Crippen LogP contribution in [-0.4, -0.2) is 16.2 Å². The van der Waals surface area contributed by atoms with E-state index in [-0.39, 0.29) is 6.67 Å². The van der Waals surface area contributed by atoms with E-state index in [0.717, 1.165) is 4.57 Å². The van der Waals surface area contributed by atoms with Gasteiger partial charge in [0, 0.05) is 7.05 Å². The second-order valence-electron chi connectivity index (χ2n) is 3.61. The fraction of sp³-hybridized carbons (Fsp3) is 0.273. The summed E-state index contributed by atoms with van der Waals surface area (Å²) in [4.78, 5) is 23.9. The first-order chi connectivity index (χ1) is 8.11. The molecule has 0 radical (unpaired) electrons. The van der Waals surface area contributed by atoms with Crippen LogP contribution >= 0.6 is 0 Å². The lowest BCUT2D eigenvalue weighted by atomic mass is 10.2. The molecule has 0 aliphatic rings. The fourth-order valence-electron chi connectivity index (χ4n) is 1.88. The van der Waals surface area contributed by atoms with E-state index in [1.807, 2.05) is 0 Å². The number of para-hydroxylation sites is 1. The Morgan fingerprint density at radius 1 is 1.35 bits per heavy atom. The standard InChI is InChI=1S/C11H13N3O3/c1-13-9-7(4-3-5-8(9)17-2)10(15)14(6-12)11(13)16/h3-5H,6,12H2,1-2H3. The lowest BCUT2D eigenvalue weighted by Gasteiger charge is -2.11. The SMILES string of the molecule is COc1cccc2c(=O)n(CN)c(=O)n(C)c12. The lowest BCUT2D eigenvalue weighted by Crippen LogP contribution is -2.41. The smallest absolute Gasteiger partial charge is 0.332 e. The maximum atomic E-state index is 12.0.